The summed E-state index contributed by atoms with van der Waals surface area (Å²) in [6.45, 7) is 4.63. The molecule has 0 saturated heterocycles. The summed E-state index contributed by atoms with van der Waals surface area (Å²) in [6, 6.07) is 10.7. The summed E-state index contributed by atoms with van der Waals surface area (Å²) in [5.74, 6) is 0. The molecule has 0 saturated carbocycles. The Kier molecular flexibility index (Phi) is 2.99. The van der Waals surface area contributed by atoms with Crippen LogP contribution in [0.4, 0.5) is 0 Å². The summed E-state index contributed by atoms with van der Waals surface area (Å²) in [7, 11) is 0. The van der Waals surface area contributed by atoms with Crippen LogP contribution in [0.3, 0.4) is 0 Å². The van der Waals surface area contributed by atoms with Crippen molar-refractivity contribution in [3.8, 4) is 0 Å². The fourth-order valence-electron chi connectivity index (χ4n) is 1.01. The molecule has 0 nitrogen and oxygen atoms in total. The van der Waals surface area contributed by atoms with Crippen molar-refractivity contribution in [1.82, 2.24) is 0 Å². The van der Waals surface area contributed by atoms with Gasteiger partial charge < -0.3 is 0 Å². The van der Waals surface area contributed by atoms with Crippen LogP contribution in [0, 0.1) is 0 Å². The van der Waals surface area contributed by atoms with Gasteiger partial charge in [0.25, 0.3) is 0 Å². The van der Waals surface area contributed by atoms with E-state index in [1.165, 1.54) is 32.5 Å². The SMILES string of the molecule is CC(C)([CH2][SnH])c1ccccc1. The Morgan fingerprint density at radius 2 is 1.73 bits per heavy atom. The first-order chi connectivity index (χ1) is 5.17. The van der Waals surface area contributed by atoms with Crippen molar-refractivity contribution in [2.45, 2.75) is 23.7 Å². The minimum atomic E-state index is 0.392. The van der Waals surface area contributed by atoms with Gasteiger partial charge in [-0.1, -0.05) is 0 Å². The Hall–Kier alpha value is 0.0187. The van der Waals surface area contributed by atoms with Crippen LogP contribution in [0.1, 0.15) is 19.4 Å². The zero-order chi connectivity index (χ0) is 8.32. The van der Waals surface area contributed by atoms with E-state index in [9.17, 15) is 0 Å². The second kappa shape index (κ2) is 3.61. The van der Waals surface area contributed by atoms with Gasteiger partial charge in [0.2, 0.25) is 0 Å². The van der Waals surface area contributed by atoms with Crippen molar-refractivity contribution in [1.29, 1.82) is 0 Å². The number of benzene rings is 1. The van der Waals surface area contributed by atoms with Crippen molar-refractivity contribution in [2.75, 3.05) is 0 Å². The molecule has 0 heterocycles. The van der Waals surface area contributed by atoms with Crippen LogP contribution in [-0.4, -0.2) is 22.5 Å². The van der Waals surface area contributed by atoms with Crippen molar-refractivity contribution < 1.29 is 0 Å². The normalized spacial score (nSPS) is 11.5. The Balaban J connectivity index is 2.93. The molecule has 0 aliphatic carbocycles. The molecule has 0 aliphatic rings. The minimum absolute atomic E-state index is 0.392. The number of hydrogen-bond acceptors (Lipinski definition) is 0. The average Bonchev–Trinajstić information content (AvgIpc) is 2.06. The Morgan fingerprint density at radius 3 is 2.18 bits per heavy atom. The van der Waals surface area contributed by atoms with Crippen LogP contribution in [0.2, 0.25) is 4.44 Å². The first-order valence-electron chi connectivity index (χ1n) is 3.92. The third-order valence-corrected chi connectivity index (χ3v) is 4.98. The van der Waals surface area contributed by atoms with Crippen LogP contribution in [0.5, 0.6) is 0 Å². The molecule has 1 heteroatoms. The molecule has 11 heavy (non-hydrogen) atoms. The Morgan fingerprint density at radius 1 is 1.18 bits per heavy atom. The average molecular weight is 253 g/mol. The van der Waals surface area contributed by atoms with Crippen molar-refractivity contribution in [2.24, 2.45) is 0 Å². The third kappa shape index (κ3) is 2.22. The van der Waals surface area contributed by atoms with E-state index in [-0.39, 0.29) is 0 Å². The molecule has 0 fully saturated rings. The number of hydrogen-bond donors (Lipinski definition) is 0. The van der Waals surface area contributed by atoms with Gasteiger partial charge in [-0.05, 0) is 0 Å². The zero-order valence-electron chi connectivity index (χ0n) is 7.17. The third-order valence-electron chi connectivity index (χ3n) is 2.07. The van der Waals surface area contributed by atoms with E-state index in [4.69, 9.17) is 0 Å². The Bertz CT molecular complexity index is 214. The topological polar surface area (TPSA) is 0 Å². The van der Waals surface area contributed by atoms with Gasteiger partial charge in [0.05, 0.1) is 0 Å². The van der Waals surface area contributed by atoms with E-state index < -0.39 is 0 Å². The molecule has 0 aromatic heterocycles. The molecule has 2 radical (unpaired) electrons. The van der Waals surface area contributed by atoms with Crippen LogP contribution in [0.25, 0.3) is 0 Å². The molecule has 1 aromatic rings. The molecule has 0 aliphatic heterocycles. The molecule has 58 valence electrons. The molecule has 1 rings (SSSR count). The quantitative estimate of drug-likeness (QED) is 0.709. The summed E-state index contributed by atoms with van der Waals surface area (Å²) in [5, 5.41) is 0. The summed E-state index contributed by atoms with van der Waals surface area (Å²) in [5.41, 5.74) is 1.86. The monoisotopic (exact) mass is 254 g/mol. The van der Waals surface area contributed by atoms with Crippen LogP contribution < -0.4 is 0 Å². The van der Waals surface area contributed by atoms with E-state index in [0.29, 0.717) is 5.41 Å². The van der Waals surface area contributed by atoms with E-state index in [1.54, 1.807) is 0 Å². The molecular formula is C10H14Sn. The van der Waals surface area contributed by atoms with Gasteiger partial charge in [-0.25, -0.2) is 0 Å². The molecule has 1 aromatic carbocycles. The van der Waals surface area contributed by atoms with E-state index in [1.807, 2.05) is 0 Å². The molecular weight excluding hydrogens is 239 g/mol. The van der Waals surface area contributed by atoms with E-state index >= 15 is 0 Å². The first-order valence-corrected chi connectivity index (χ1v) is 6.25. The summed E-state index contributed by atoms with van der Waals surface area (Å²) in [6.07, 6.45) is 0. The summed E-state index contributed by atoms with van der Waals surface area (Å²) < 4.78 is 1.32. The van der Waals surface area contributed by atoms with Gasteiger partial charge in [0, 0.05) is 0 Å². The maximum absolute atomic E-state index is 2.31. The molecule has 0 spiro atoms. The van der Waals surface area contributed by atoms with E-state index in [0.717, 1.165) is 0 Å². The van der Waals surface area contributed by atoms with Gasteiger partial charge >= 0.3 is 82.1 Å². The predicted octanol–water partition coefficient (Wildman–Crippen LogP) is 2.28. The second-order valence-corrected chi connectivity index (χ2v) is 4.62. The molecule has 0 bridgehead atoms. The molecule has 0 N–H and O–H groups in total. The molecule has 0 amide bonds. The van der Waals surface area contributed by atoms with Crippen LogP contribution in [-0.2, 0) is 5.41 Å². The fraction of sp³-hybridized carbons (Fsp3) is 0.400. The molecule has 0 atom stereocenters. The maximum atomic E-state index is 2.31. The summed E-state index contributed by atoms with van der Waals surface area (Å²) in [4.78, 5) is 0. The van der Waals surface area contributed by atoms with Crippen molar-refractivity contribution in [3.05, 3.63) is 35.9 Å². The van der Waals surface area contributed by atoms with Crippen LogP contribution in [0.15, 0.2) is 30.3 Å². The first kappa shape index (κ1) is 9.11. The van der Waals surface area contributed by atoms with Gasteiger partial charge in [-0.2, -0.15) is 0 Å². The zero-order valence-corrected chi connectivity index (χ0v) is 10.5. The van der Waals surface area contributed by atoms with E-state index in [2.05, 4.69) is 44.2 Å². The van der Waals surface area contributed by atoms with Gasteiger partial charge in [-0.3, -0.25) is 0 Å². The Labute approximate surface area is 82.1 Å². The second-order valence-electron chi connectivity index (χ2n) is 3.45. The predicted molar refractivity (Wildman–Crippen MR) is 51.4 cm³/mol. The van der Waals surface area contributed by atoms with Gasteiger partial charge in [0.15, 0.2) is 0 Å². The van der Waals surface area contributed by atoms with Gasteiger partial charge in [0.1, 0.15) is 0 Å². The number of rotatable bonds is 2. The standard InChI is InChI=1S/C10H13.Sn.H/c1-10(2,3)9-7-5-4-6-8-9;;/h4-8H,1H2,2-3H3;;. The fourth-order valence-corrected chi connectivity index (χ4v) is 1.68. The summed E-state index contributed by atoms with van der Waals surface area (Å²) >= 11 is 1.34. The van der Waals surface area contributed by atoms with Crippen molar-refractivity contribution >= 4 is 22.5 Å². The van der Waals surface area contributed by atoms with Crippen molar-refractivity contribution in [3.63, 3.8) is 0 Å². The van der Waals surface area contributed by atoms with Gasteiger partial charge in [-0.15, -0.1) is 0 Å². The van der Waals surface area contributed by atoms with Crippen LogP contribution >= 0.6 is 0 Å². The molecule has 0 unspecified atom stereocenters.